The highest BCUT2D eigenvalue weighted by atomic mass is 16.5. The van der Waals surface area contributed by atoms with E-state index in [1.807, 2.05) is 0 Å². The normalized spacial score (nSPS) is 10.4. The minimum Gasteiger partial charge on any atom is -0.463 e. The van der Waals surface area contributed by atoms with E-state index in [4.69, 9.17) is 8.83 Å². The number of hydrogen-bond acceptors (Lipinski definition) is 5. The van der Waals surface area contributed by atoms with Crippen LogP contribution in [-0.4, -0.2) is 13.1 Å². The van der Waals surface area contributed by atoms with Gasteiger partial charge in [-0.05, 0) is 6.07 Å². The molecule has 5 nitrogen and oxygen atoms in total. The van der Waals surface area contributed by atoms with Gasteiger partial charge in [-0.1, -0.05) is 0 Å². The van der Waals surface area contributed by atoms with Gasteiger partial charge in [-0.2, -0.15) is 0 Å². The first-order valence-corrected chi connectivity index (χ1v) is 3.82. The van der Waals surface area contributed by atoms with Gasteiger partial charge in [0, 0.05) is 11.6 Å². The van der Waals surface area contributed by atoms with Crippen molar-refractivity contribution in [3.63, 3.8) is 0 Å². The van der Waals surface area contributed by atoms with E-state index in [1.165, 1.54) is 25.5 Å². The number of methoxy groups -OCH3 is 1. The molecule has 0 amide bonds. The Morgan fingerprint density at radius 1 is 1.50 bits per heavy atom. The molecular weight excluding hydrogens is 188 g/mol. The first kappa shape index (κ1) is 8.55. The molecule has 2 rings (SSSR count). The van der Waals surface area contributed by atoms with Gasteiger partial charge in [-0.3, -0.25) is 0 Å². The number of hydrogen-bond donors (Lipinski definition) is 0. The predicted octanol–water partition coefficient (Wildman–Crippen LogP) is 1.12. The zero-order valence-corrected chi connectivity index (χ0v) is 7.27. The van der Waals surface area contributed by atoms with E-state index >= 15 is 0 Å². The topological polar surface area (TPSA) is 69.7 Å². The Hall–Kier alpha value is -2.04. The summed E-state index contributed by atoms with van der Waals surface area (Å²) in [5, 5.41) is 0. The molecule has 0 atom stereocenters. The second-order valence-corrected chi connectivity index (χ2v) is 2.59. The largest absolute Gasteiger partial charge is 0.463 e. The average Bonchev–Trinajstić information content (AvgIpc) is 2.56. The van der Waals surface area contributed by atoms with Crippen LogP contribution in [0.2, 0.25) is 0 Å². The monoisotopic (exact) mass is 194 g/mol. The molecule has 0 fully saturated rings. The Balaban J connectivity index is 2.68. The van der Waals surface area contributed by atoms with Crippen molar-refractivity contribution in [2.75, 3.05) is 7.11 Å². The van der Waals surface area contributed by atoms with Crippen LogP contribution in [0, 0.1) is 0 Å². The van der Waals surface area contributed by atoms with E-state index in [1.54, 1.807) is 0 Å². The van der Waals surface area contributed by atoms with Crippen molar-refractivity contribution in [2.45, 2.75) is 0 Å². The van der Waals surface area contributed by atoms with E-state index in [0.717, 1.165) is 0 Å². The third kappa shape index (κ3) is 1.19. The third-order valence-electron chi connectivity index (χ3n) is 1.75. The lowest BCUT2D eigenvalue weighted by Crippen LogP contribution is -2.02. The van der Waals surface area contributed by atoms with Gasteiger partial charge in [0.2, 0.25) is 0 Å². The van der Waals surface area contributed by atoms with Crippen molar-refractivity contribution in [3.05, 3.63) is 34.6 Å². The lowest BCUT2D eigenvalue weighted by atomic mass is 10.2. The Kier molecular flexibility index (Phi) is 1.85. The Labute approximate surface area is 78.2 Å². The maximum atomic E-state index is 11.2. The molecule has 5 heteroatoms. The molecule has 2 aliphatic rings. The number of rotatable bonds is 1. The summed E-state index contributed by atoms with van der Waals surface area (Å²) in [6.07, 6.45) is 1.30. The summed E-state index contributed by atoms with van der Waals surface area (Å²) in [5.74, 6) is -0.665. The molecule has 0 aliphatic carbocycles. The molecule has 0 bridgehead atoms. The number of carbonyl (C=O) groups excluding carboxylic acids is 1. The third-order valence-corrected chi connectivity index (χ3v) is 1.75. The van der Waals surface area contributed by atoms with Crippen molar-refractivity contribution >= 4 is 5.97 Å². The fraction of sp³-hybridized carbons (Fsp3) is 0.111. The Bertz CT molecular complexity index is 492. The molecule has 0 N–H and O–H groups in total. The predicted molar refractivity (Wildman–Crippen MR) is 45.2 cm³/mol. The van der Waals surface area contributed by atoms with Crippen LogP contribution >= 0.6 is 0 Å². The molecule has 0 aromatic carbocycles. The van der Waals surface area contributed by atoms with Crippen LogP contribution in [0.4, 0.5) is 0 Å². The first-order chi connectivity index (χ1) is 6.72. The number of ether oxygens (including phenoxy) is 1. The molecule has 2 heterocycles. The molecule has 0 aromatic rings. The highest BCUT2D eigenvalue weighted by Gasteiger charge is 2.21. The molecule has 0 saturated carbocycles. The molecule has 0 spiro atoms. The van der Waals surface area contributed by atoms with Crippen LogP contribution in [-0.2, 0) is 4.74 Å². The van der Waals surface area contributed by atoms with Gasteiger partial charge < -0.3 is 13.6 Å². The summed E-state index contributed by atoms with van der Waals surface area (Å²) in [4.78, 5) is 22.1. The van der Waals surface area contributed by atoms with Crippen molar-refractivity contribution < 1.29 is 18.4 Å². The van der Waals surface area contributed by atoms with Crippen molar-refractivity contribution in [2.24, 2.45) is 0 Å². The maximum Gasteiger partial charge on any atom is 0.377 e. The highest BCUT2D eigenvalue weighted by molar-refractivity contribution is 5.92. The lowest BCUT2D eigenvalue weighted by Gasteiger charge is -2.00. The summed E-state index contributed by atoms with van der Waals surface area (Å²) in [6, 6.07) is 2.81. The standard InChI is InChI=1S/C9H6O5/c1-12-9(11)8-7-5(2-3-13-8)4-6(10)14-7/h2-4H,1H3. The van der Waals surface area contributed by atoms with Crippen molar-refractivity contribution in [1.82, 2.24) is 0 Å². The minimum absolute atomic E-state index is 0.105. The van der Waals surface area contributed by atoms with Crippen molar-refractivity contribution in [3.8, 4) is 11.3 Å². The summed E-state index contributed by atoms with van der Waals surface area (Å²) >= 11 is 0. The zero-order valence-electron chi connectivity index (χ0n) is 7.27. The number of furan rings is 1. The quantitative estimate of drug-likeness (QED) is 0.636. The van der Waals surface area contributed by atoms with Gasteiger partial charge in [0.1, 0.15) is 0 Å². The SMILES string of the molecule is COC(=O)c1occc2cc(=O)oc1-2. The number of fused-ring (bicyclic) bond motifs is 1. The fourth-order valence-corrected chi connectivity index (χ4v) is 1.15. The van der Waals surface area contributed by atoms with Crippen LogP contribution < -0.4 is 5.63 Å². The van der Waals surface area contributed by atoms with Gasteiger partial charge in [-0.25, -0.2) is 9.59 Å². The lowest BCUT2D eigenvalue weighted by molar-refractivity contribution is 0.0560. The van der Waals surface area contributed by atoms with Crippen LogP contribution in [0.5, 0.6) is 0 Å². The second-order valence-electron chi connectivity index (χ2n) is 2.59. The summed E-state index contributed by atoms with van der Waals surface area (Å²) in [5.41, 5.74) is -0.00629. The molecule has 0 unspecified atom stereocenters. The molecule has 72 valence electrons. The first-order valence-electron chi connectivity index (χ1n) is 3.82. The van der Waals surface area contributed by atoms with Gasteiger partial charge >= 0.3 is 11.6 Å². The number of carbonyl (C=O) groups is 1. The fourth-order valence-electron chi connectivity index (χ4n) is 1.15. The van der Waals surface area contributed by atoms with Gasteiger partial charge in [0.25, 0.3) is 5.76 Å². The van der Waals surface area contributed by atoms with Gasteiger partial charge in [-0.15, -0.1) is 0 Å². The van der Waals surface area contributed by atoms with E-state index in [0.29, 0.717) is 5.56 Å². The van der Waals surface area contributed by atoms with Crippen LogP contribution in [0.3, 0.4) is 0 Å². The van der Waals surface area contributed by atoms with Crippen LogP contribution in [0.25, 0.3) is 11.3 Å². The minimum atomic E-state index is -0.676. The molecule has 2 aliphatic heterocycles. The Morgan fingerprint density at radius 2 is 2.29 bits per heavy atom. The zero-order chi connectivity index (χ0) is 10.1. The average molecular weight is 194 g/mol. The van der Waals surface area contributed by atoms with Crippen LogP contribution in [0.1, 0.15) is 10.6 Å². The van der Waals surface area contributed by atoms with E-state index in [2.05, 4.69) is 4.74 Å². The number of esters is 1. The van der Waals surface area contributed by atoms with Crippen LogP contribution in [0.15, 0.2) is 32.0 Å². The highest BCUT2D eigenvalue weighted by Crippen LogP contribution is 2.24. The van der Waals surface area contributed by atoms with Gasteiger partial charge in [0.05, 0.1) is 13.4 Å². The van der Waals surface area contributed by atoms with Crippen molar-refractivity contribution in [1.29, 1.82) is 0 Å². The van der Waals surface area contributed by atoms with E-state index in [-0.39, 0.29) is 11.5 Å². The van der Waals surface area contributed by atoms with E-state index in [9.17, 15) is 9.59 Å². The smallest absolute Gasteiger partial charge is 0.377 e. The molecule has 0 radical (unpaired) electrons. The molecule has 0 aromatic heterocycles. The Morgan fingerprint density at radius 3 is 3.00 bits per heavy atom. The summed E-state index contributed by atoms with van der Waals surface area (Å²) < 4.78 is 14.1. The maximum absolute atomic E-state index is 11.2. The molecule has 0 saturated heterocycles. The molecular formula is C9H6O5. The summed E-state index contributed by atoms with van der Waals surface area (Å²) in [6.45, 7) is 0. The second kappa shape index (κ2) is 3.02. The van der Waals surface area contributed by atoms with Gasteiger partial charge in [0.15, 0.2) is 5.76 Å². The molecule has 14 heavy (non-hydrogen) atoms. The summed E-state index contributed by atoms with van der Waals surface area (Å²) in [7, 11) is 1.22. The van der Waals surface area contributed by atoms with E-state index < -0.39 is 11.6 Å².